The van der Waals surface area contributed by atoms with Crippen LogP contribution in [-0.4, -0.2) is 11.7 Å². The van der Waals surface area contributed by atoms with Gasteiger partial charge < -0.3 is 14.6 Å². The Morgan fingerprint density at radius 1 is 1.33 bits per heavy atom. The van der Waals surface area contributed by atoms with E-state index in [1.807, 2.05) is 18.2 Å². The maximum atomic E-state index is 5.22. The summed E-state index contributed by atoms with van der Waals surface area (Å²) in [5.74, 6) is 0.854. The molecule has 0 spiro atoms. The highest BCUT2D eigenvalue weighted by Gasteiger charge is 2.02. The Hall–Kier alpha value is -1.42. The third kappa shape index (κ3) is 3.07. The number of methoxy groups -OCH3 is 1. The van der Waals surface area contributed by atoms with Crippen LogP contribution in [0.1, 0.15) is 12.5 Å². The molecule has 0 saturated carbocycles. The lowest BCUT2D eigenvalue weighted by atomic mass is 10.2. The van der Waals surface area contributed by atoms with Crippen LogP contribution in [0, 0.1) is 0 Å². The summed E-state index contributed by atoms with van der Waals surface area (Å²) in [5.41, 5.74) is 2.31. The largest absolute Gasteiger partial charge is 0.497 e. The first-order chi connectivity index (χ1) is 8.72. The normalized spacial score (nSPS) is 10.4. The Morgan fingerprint density at radius 3 is 2.83 bits per heavy atom. The summed E-state index contributed by atoms with van der Waals surface area (Å²) in [6, 6.07) is 8.03. The highest BCUT2D eigenvalue weighted by Crippen LogP contribution is 2.27. The van der Waals surface area contributed by atoms with E-state index in [0.717, 1.165) is 29.0 Å². The van der Waals surface area contributed by atoms with Gasteiger partial charge >= 0.3 is 0 Å². The summed E-state index contributed by atoms with van der Waals surface area (Å²) < 4.78 is 8.42. The number of anilines is 1. The number of benzene rings is 1. The molecule has 18 heavy (non-hydrogen) atoms. The molecule has 0 radical (unpaired) electrons. The number of halogens is 1. The molecule has 1 aromatic carbocycles. The average Bonchev–Trinajstić information content (AvgIpc) is 2.86. The molecule has 0 atom stereocenters. The van der Waals surface area contributed by atoms with Crippen molar-refractivity contribution >= 4 is 21.6 Å². The average molecular weight is 309 g/mol. The van der Waals surface area contributed by atoms with E-state index in [2.05, 4.69) is 51.2 Å². The SMILES string of the molecule is CCn1ccc(CNc2cc(OC)ccc2Br)c1. The van der Waals surface area contributed by atoms with Crippen LogP contribution in [0.2, 0.25) is 0 Å². The minimum absolute atomic E-state index is 0.804. The fourth-order valence-corrected chi connectivity index (χ4v) is 2.14. The lowest BCUT2D eigenvalue weighted by Gasteiger charge is -2.09. The first-order valence-corrected chi connectivity index (χ1v) is 6.74. The molecule has 96 valence electrons. The van der Waals surface area contributed by atoms with E-state index in [4.69, 9.17) is 4.74 Å². The zero-order valence-corrected chi connectivity index (χ0v) is 12.2. The molecule has 0 aliphatic heterocycles. The van der Waals surface area contributed by atoms with Crippen LogP contribution < -0.4 is 10.1 Å². The molecule has 0 amide bonds. The molecule has 2 aromatic rings. The van der Waals surface area contributed by atoms with E-state index in [-0.39, 0.29) is 0 Å². The number of nitrogens with zero attached hydrogens (tertiary/aromatic N) is 1. The summed E-state index contributed by atoms with van der Waals surface area (Å²) >= 11 is 3.53. The first-order valence-electron chi connectivity index (χ1n) is 5.95. The topological polar surface area (TPSA) is 26.2 Å². The monoisotopic (exact) mass is 308 g/mol. The van der Waals surface area contributed by atoms with Gasteiger partial charge in [0.2, 0.25) is 0 Å². The highest BCUT2D eigenvalue weighted by atomic mass is 79.9. The van der Waals surface area contributed by atoms with Crippen LogP contribution >= 0.6 is 15.9 Å². The van der Waals surface area contributed by atoms with Crippen molar-refractivity contribution in [2.45, 2.75) is 20.0 Å². The first kappa shape index (κ1) is 13.0. The molecule has 2 rings (SSSR count). The molecule has 0 unspecified atom stereocenters. The fourth-order valence-electron chi connectivity index (χ4n) is 1.76. The van der Waals surface area contributed by atoms with Crippen LogP contribution in [0.4, 0.5) is 5.69 Å². The van der Waals surface area contributed by atoms with Gasteiger partial charge in [-0.25, -0.2) is 0 Å². The lowest BCUT2D eigenvalue weighted by Crippen LogP contribution is -2.00. The number of nitrogens with one attached hydrogen (secondary N) is 1. The number of hydrogen-bond acceptors (Lipinski definition) is 2. The molecule has 0 bridgehead atoms. The summed E-state index contributed by atoms with van der Waals surface area (Å²) in [6.45, 7) is 3.94. The standard InChI is InChI=1S/C14H17BrN2O/c1-3-17-7-6-11(10-17)9-16-14-8-12(18-2)4-5-13(14)15/h4-8,10,16H,3,9H2,1-2H3. The van der Waals surface area contributed by atoms with Gasteiger partial charge in [0, 0.05) is 36.0 Å². The van der Waals surface area contributed by atoms with Crippen LogP contribution in [0.15, 0.2) is 41.1 Å². The van der Waals surface area contributed by atoms with Crippen molar-refractivity contribution in [2.75, 3.05) is 12.4 Å². The van der Waals surface area contributed by atoms with Gasteiger partial charge in [0.15, 0.2) is 0 Å². The van der Waals surface area contributed by atoms with Crippen molar-refractivity contribution in [3.05, 3.63) is 46.7 Å². The molecule has 0 saturated heterocycles. The number of aromatic nitrogens is 1. The number of rotatable bonds is 5. The maximum Gasteiger partial charge on any atom is 0.121 e. The maximum absolute atomic E-state index is 5.22. The van der Waals surface area contributed by atoms with Crippen molar-refractivity contribution in [2.24, 2.45) is 0 Å². The summed E-state index contributed by atoms with van der Waals surface area (Å²) in [6.07, 6.45) is 4.25. The minimum atomic E-state index is 0.804. The Bertz CT molecular complexity index is 522. The molecule has 0 aliphatic carbocycles. The van der Waals surface area contributed by atoms with Gasteiger partial charge in [-0.2, -0.15) is 0 Å². The zero-order valence-electron chi connectivity index (χ0n) is 10.6. The minimum Gasteiger partial charge on any atom is -0.497 e. The molecular formula is C14H17BrN2O. The summed E-state index contributed by atoms with van der Waals surface area (Å²) in [5, 5.41) is 3.40. The van der Waals surface area contributed by atoms with Crippen LogP contribution in [0.3, 0.4) is 0 Å². The van der Waals surface area contributed by atoms with E-state index in [1.165, 1.54) is 5.56 Å². The molecular weight excluding hydrogens is 292 g/mol. The number of hydrogen-bond donors (Lipinski definition) is 1. The van der Waals surface area contributed by atoms with Gasteiger partial charge in [-0.15, -0.1) is 0 Å². The van der Waals surface area contributed by atoms with Crippen molar-refractivity contribution in [1.82, 2.24) is 4.57 Å². The summed E-state index contributed by atoms with van der Waals surface area (Å²) in [4.78, 5) is 0. The van der Waals surface area contributed by atoms with Crippen molar-refractivity contribution < 1.29 is 4.74 Å². The van der Waals surface area contributed by atoms with Crippen LogP contribution in [0.25, 0.3) is 0 Å². The van der Waals surface area contributed by atoms with Gasteiger partial charge in [-0.1, -0.05) is 0 Å². The van der Waals surface area contributed by atoms with Crippen molar-refractivity contribution in [3.8, 4) is 5.75 Å². The zero-order chi connectivity index (χ0) is 13.0. The van der Waals surface area contributed by atoms with Gasteiger partial charge in [0.1, 0.15) is 5.75 Å². The molecule has 4 heteroatoms. The van der Waals surface area contributed by atoms with Crippen molar-refractivity contribution in [1.29, 1.82) is 0 Å². The third-order valence-electron chi connectivity index (χ3n) is 2.83. The van der Waals surface area contributed by atoms with Crippen LogP contribution in [0.5, 0.6) is 5.75 Å². The predicted octanol–water partition coefficient (Wildman–Crippen LogP) is 3.89. The van der Waals surface area contributed by atoms with E-state index < -0.39 is 0 Å². The second-order valence-electron chi connectivity index (χ2n) is 4.05. The smallest absolute Gasteiger partial charge is 0.121 e. The van der Waals surface area contributed by atoms with Crippen molar-refractivity contribution in [3.63, 3.8) is 0 Å². The van der Waals surface area contributed by atoms with Gasteiger partial charge in [-0.05, 0) is 46.6 Å². The van der Waals surface area contributed by atoms with E-state index >= 15 is 0 Å². The van der Waals surface area contributed by atoms with Gasteiger partial charge in [-0.3, -0.25) is 0 Å². The number of ether oxygens (including phenoxy) is 1. The quantitative estimate of drug-likeness (QED) is 0.907. The molecule has 1 heterocycles. The van der Waals surface area contributed by atoms with Gasteiger partial charge in [0.25, 0.3) is 0 Å². The Balaban J connectivity index is 2.05. The molecule has 0 aliphatic rings. The van der Waals surface area contributed by atoms with E-state index in [9.17, 15) is 0 Å². The highest BCUT2D eigenvalue weighted by molar-refractivity contribution is 9.10. The van der Waals surface area contributed by atoms with E-state index in [1.54, 1.807) is 7.11 Å². The molecule has 3 nitrogen and oxygen atoms in total. The molecule has 0 fully saturated rings. The summed E-state index contributed by atoms with van der Waals surface area (Å²) in [7, 11) is 1.67. The Kier molecular flexibility index (Phi) is 4.31. The molecule has 1 N–H and O–H groups in total. The Morgan fingerprint density at radius 2 is 2.17 bits per heavy atom. The van der Waals surface area contributed by atoms with Crippen LogP contribution in [-0.2, 0) is 13.1 Å². The molecule has 1 aromatic heterocycles. The van der Waals surface area contributed by atoms with E-state index in [0.29, 0.717) is 0 Å². The predicted molar refractivity (Wildman–Crippen MR) is 78.1 cm³/mol. The Labute approximate surface area is 116 Å². The van der Waals surface area contributed by atoms with Gasteiger partial charge in [0.05, 0.1) is 12.8 Å². The second-order valence-corrected chi connectivity index (χ2v) is 4.90. The third-order valence-corrected chi connectivity index (χ3v) is 3.52. The second kappa shape index (κ2) is 5.96. The fraction of sp³-hybridized carbons (Fsp3) is 0.286. The lowest BCUT2D eigenvalue weighted by molar-refractivity contribution is 0.415. The number of aryl methyl sites for hydroxylation is 1.